The standard InChI is InChI=1S/C15H20F2N2O/c1-10-7-11(13(17)8-12(10)16)14(20)19-9-15(18)5-3-2-4-6-15/h7-8H,2-6,9,18H2,1H3,(H,19,20). The van der Waals surface area contributed by atoms with Crippen molar-refractivity contribution in [3.63, 3.8) is 0 Å². The maximum absolute atomic E-state index is 13.6. The van der Waals surface area contributed by atoms with Gasteiger partial charge in [-0.3, -0.25) is 4.79 Å². The minimum Gasteiger partial charge on any atom is -0.350 e. The van der Waals surface area contributed by atoms with Crippen molar-refractivity contribution in [1.82, 2.24) is 5.32 Å². The maximum atomic E-state index is 13.6. The van der Waals surface area contributed by atoms with Crippen LogP contribution in [0.1, 0.15) is 48.0 Å². The van der Waals surface area contributed by atoms with E-state index in [4.69, 9.17) is 5.73 Å². The van der Waals surface area contributed by atoms with Crippen LogP contribution in [0.2, 0.25) is 0 Å². The summed E-state index contributed by atoms with van der Waals surface area (Å²) in [5.74, 6) is -2.04. The minimum atomic E-state index is -0.847. The molecule has 5 heteroatoms. The van der Waals surface area contributed by atoms with Gasteiger partial charge in [-0.05, 0) is 31.4 Å². The average molecular weight is 282 g/mol. The normalized spacial score (nSPS) is 17.8. The summed E-state index contributed by atoms with van der Waals surface area (Å²) in [6.07, 6.45) is 4.99. The van der Waals surface area contributed by atoms with Gasteiger partial charge in [-0.15, -0.1) is 0 Å². The molecule has 1 amide bonds. The molecule has 3 N–H and O–H groups in total. The minimum absolute atomic E-state index is 0.136. The van der Waals surface area contributed by atoms with Crippen LogP contribution >= 0.6 is 0 Å². The Morgan fingerprint density at radius 3 is 2.55 bits per heavy atom. The molecule has 0 atom stereocenters. The molecule has 0 bridgehead atoms. The molecule has 1 aliphatic carbocycles. The van der Waals surface area contributed by atoms with Gasteiger partial charge in [-0.25, -0.2) is 8.78 Å². The van der Waals surface area contributed by atoms with Crippen molar-refractivity contribution >= 4 is 5.91 Å². The van der Waals surface area contributed by atoms with E-state index in [1.807, 2.05) is 0 Å². The molecule has 1 aliphatic rings. The smallest absolute Gasteiger partial charge is 0.254 e. The lowest BCUT2D eigenvalue weighted by molar-refractivity contribution is 0.0933. The Kier molecular flexibility index (Phi) is 4.38. The van der Waals surface area contributed by atoms with Gasteiger partial charge in [-0.1, -0.05) is 19.3 Å². The predicted molar refractivity (Wildman–Crippen MR) is 73.4 cm³/mol. The Bertz CT molecular complexity index is 511. The van der Waals surface area contributed by atoms with Crippen molar-refractivity contribution in [2.75, 3.05) is 6.54 Å². The molecule has 20 heavy (non-hydrogen) atoms. The number of nitrogens with one attached hydrogen (secondary N) is 1. The SMILES string of the molecule is Cc1cc(C(=O)NCC2(N)CCCCC2)c(F)cc1F. The zero-order chi connectivity index (χ0) is 14.8. The third-order valence-electron chi connectivity index (χ3n) is 3.94. The molecule has 0 radical (unpaired) electrons. The summed E-state index contributed by atoms with van der Waals surface area (Å²) in [7, 11) is 0. The summed E-state index contributed by atoms with van der Waals surface area (Å²) in [5, 5.41) is 2.67. The van der Waals surface area contributed by atoms with Crippen LogP contribution in [0, 0.1) is 18.6 Å². The Balaban J connectivity index is 2.03. The topological polar surface area (TPSA) is 55.1 Å². The molecule has 0 aromatic heterocycles. The van der Waals surface area contributed by atoms with Crippen molar-refractivity contribution in [3.8, 4) is 0 Å². The lowest BCUT2D eigenvalue weighted by Crippen LogP contribution is -2.51. The molecule has 110 valence electrons. The van der Waals surface area contributed by atoms with Crippen LogP contribution in [0.15, 0.2) is 12.1 Å². The number of rotatable bonds is 3. The quantitative estimate of drug-likeness (QED) is 0.895. The summed E-state index contributed by atoms with van der Waals surface area (Å²) >= 11 is 0. The number of hydrogen-bond donors (Lipinski definition) is 2. The van der Waals surface area contributed by atoms with E-state index in [0.717, 1.165) is 31.7 Å². The van der Waals surface area contributed by atoms with E-state index in [-0.39, 0.29) is 11.1 Å². The summed E-state index contributed by atoms with van der Waals surface area (Å²) in [4.78, 5) is 12.0. The molecule has 0 saturated heterocycles. The zero-order valence-corrected chi connectivity index (χ0v) is 11.6. The van der Waals surface area contributed by atoms with Crippen molar-refractivity contribution < 1.29 is 13.6 Å². The van der Waals surface area contributed by atoms with Gasteiger partial charge in [0.25, 0.3) is 5.91 Å². The first-order valence-corrected chi connectivity index (χ1v) is 6.94. The van der Waals surface area contributed by atoms with Gasteiger partial charge in [0.2, 0.25) is 0 Å². The molecular formula is C15H20F2N2O. The average Bonchev–Trinajstić information content (AvgIpc) is 2.41. The Morgan fingerprint density at radius 2 is 1.90 bits per heavy atom. The molecule has 1 saturated carbocycles. The van der Waals surface area contributed by atoms with E-state index in [0.29, 0.717) is 6.54 Å². The fourth-order valence-electron chi connectivity index (χ4n) is 2.62. The van der Waals surface area contributed by atoms with Gasteiger partial charge in [0.15, 0.2) is 0 Å². The molecule has 0 heterocycles. The molecule has 1 aromatic rings. The van der Waals surface area contributed by atoms with E-state index in [2.05, 4.69) is 5.32 Å². The van der Waals surface area contributed by atoms with Crippen LogP contribution in [-0.2, 0) is 0 Å². The number of halogens is 2. The predicted octanol–water partition coefficient (Wildman–Crippen LogP) is 2.66. The van der Waals surface area contributed by atoms with E-state index in [1.165, 1.54) is 19.4 Å². The Morgan fingerprint density at radius 1 is 1.25 bits per heavy atom. The highest BCUT2D eigenvalue weighted by atomic mass is 19.1. The van der Waals surface area contributed by atoms with Crippen LogP contribution in [0.5, 0.6) is 0 Å². The first-order valence-electron chi connectivity index (χ1n) is 6.94. The van der Waals surface area contributed by atoms with Crippen LogP contribution < -0.4 is 11.1 Å². The van der Waals surface area contributed by atoms with E-state index in [9.17, 15) is 13.6 Å². The summed E-state index contributed by atoms with van der Waals surface area (Å²) in [6.45, 7) is 1.82. The van der Waals surface area contributed by atoms with Crippen molar-refractivity contribution in [1.29, 1.82) is 0 Å². The molecule has 2 rings (SSSR count). The van der Waals surface area contributed by atoms with Crippen molar-refractivity contribution in [2.45, 2.75) is 44.6 Å². The van der Waals surface area contributed by atoms with Crippen molar-refractivity contribution in [3.05, 3.63) is 34.9 Å². The Labute approximate surface area is 117 Å². The van der Waals surface area contributed by atoms with Gasteiger partial charge >= 0.3 is 0 Å². The molecule has 0 unspecified atom stereocenters. The summed E-state index contributed by atoms with van der Waals surface area (Å²) in [5.41, 5.74) is 5.92. The van der Waals surface area contributed by atoms with E-state index < -0.39 is 23.1 Å². The second-order valence-electron chi connectivity index (χ2n) is 5.69. The first kappa shape index (κ1) is 14.9. The second kappa shape index (κ2) is 5.87. The highest BCUT2D eigenvalue weighted by Gasteiger charge is 2.28. The molecule has 0 aliphatic heterocycles. The lowest BCUT2D eigenvalue weighted by Gasteiger charge is -2.33. The van der Waals surface area contributed by atoms with Gasteiger partial charge in [0, 0.05) is 18.2 Å². The molecule has 3 nitrogen and oxygen atoms in total. The van der Waals surface area contributed by atoms with E-state index in [1.54, 1.807) is 0 Å². The van der Waals surface area contributed by atoms with Gasteiger partial charge in [-0.2, -0.15) is 0 Å². The summed E-state index contributed by atoms with van der Waals surface area (Å²) in [6, 6.07) is 1.97. The van der Waals surface area contributed by atoms with Crippen LogP contribution in [0.25, 0.3) is 0 Å². The first-order chi connectivity index (χ1) is 9.41. The van der Waals surface area contributed by atoms with E-state index >= 15 is 0 Å². The monoisotopic (exact) mass is 282 g/mol. The number of benzene rings is 1. The Hall–Kier alpha value is -1.49. The zero-order valence-electron chi connectivity index (χ0n) is 11.6. The van der Waals surface area contributed by atoms with Gasteiger partial charge < -0.3 is 11.1 Å². The molecule has 1 aromatic carbocycles. The van der Waals surface area contributed by atoms with Gasteiger partial charge in [0.1, 0.15) is 11.6 Å². The number of hydrogen-bond acceptors (Lipinski definition) is 2. The van der Waals surface area contributed by atoms with Crippen LogP contribution in [0.3, 0.4) is 0 Å². The summed E-state index contributed by atoms with van der Waals surface area (Å²) < 4.78 is 26.8. The van der Waals surface area contributed by atoms with Crippen LogP contribution in [0.4, 0.5) is 8.78 Å². The number of nitrogens with two attached hydrogens (primary N) is 1. The van der Waals surface area contributed by atoms with Crippen LogP contribution in [-0.4, -0.2) is 18.0 Å². The fraction of sp³-hybridized carbons (Fsp3) is 0.533. The maximum Gasteiger partial charge on any atom is 0.254 e. The van der Waals surface area contributed by atoms with Crippen molar-refractivity contribution in [2.24, 2.45) is 5.73 Å². The number of carbonyl (C=O) groups is 1. The highest BCUT2D eigenvalue weighted by molar-refractivity contribution is 5.94. The number of amides is 1. The fourth-order valence-corrected chi connectivity index (χ4v) is 2.62. The second-order valence-corrected chi connectivity index (χ2v) is 5.69. The number of carbonyl (C=O) groups excluding carboxylic acids is 1. The highest BCUT2D eigenvalue weighted by Crippen LogP contribution is 2.25. The van der Waals surface area contributed by atoms with Gasteiger partial charge in [0.05, 0.1) is 5.56 Å². The third-order valence-corrected chi connectivity index (χ3v) is 3.94. The molecular weight excluding hydrogens is 262 g/mol. The largest absolute Gasteiger partial charge is 0.350 e. The third kappa shape index (κ3) is 3.33. The molecule has 0 spiro atoms. The molecule has 1 fully saturated rings. The lowest BCUT2D eigenvalue weighted by atomic mass is 9.82. The number of aryl methyl sites for hydroxylation is 1.